The van der Waals surface area contributed by atoms with E-state index in [0.29, 0.717) is 0 Å². The second-order valence-corrected chi connectivity index (χ2v) is 6.11. The minimum absolute atomic E-state index is 0.240. The van der Waals surface area contributed by atoms with Gasteiger partial charge in [0.25, 0.3) is 0 Å². The molecule has 0 bridgehead atoms. The van der Waals surface area contributed by atoms with Gasteiger partial charge in [-0.25, -0.2) is 0 Å². The van der Waals surface area contributed by atoms with Crippen LogP contribution in [0, 0.1) is 6.92 Å². The number of fused-ring (bicyclic) bond motifs is 1. The van der Waals surface area contributed by atoms with Gasteiger partial charge in [-0.1, -0.05) is 48.0 Å². The van der Waals surface area contributed by atoms with Crippen molar-refractivity contribution in [3.63, 3.8) is 0 Å². The molecule has 3 rings (SSSR count). The largest absolute Gasteiger partial charge is 0.387 e. The van der Waals surface area contributed by atoms with E-state index in [1.807, 2.05) is 12.1 Å². The first kappa shape index (κ1) is 11.8. The van der Waals surface area contributed by atoms with Crippen molar-refractivity contribution < 1.29 is 5.11 Å². The van der Waals surface area contributed by atoms with Crippen molar-refractivity contribution in [1.82, 2.24) is 0 Å². The second-order valence-electron chi connectivity index (χ2n) is 4.83. The number of benzene rings is 2. The summed E-state index contributed by atoms with van der Waals surface area (Å²) in [5, 5.41) is 10.7. The highest BCUT2D eigenvalue weighted by molar-refractivity contribution is 8.00. The zero-order valence-electron chi connectivity index (χ0n) is 10.3. The Bertz CT molecular complexity index is 540. The molecular formula is C16H16OS. The smallest absolute Gasteiger partial charge is 0.0915 e. The summed E-state index contributed by atoms with van der Waals surface area (Å²) >= 11 is 1.79. The molecule has 0 amide bonds. The van der Waals surface area contributed by atoms with E-state index in [9.17, 15) is 5.11 Å². The normalized spacial score (nSPS) is 19.6. The predicted octanol–water partition coefficient (Wildman–Crippen LogP) is 3.75. The van der Waals surface area contributed by atoms with Crippen molar-refractivity contribution in [2.45, 2.75) is 29.6 Å². The molecule has 2 aromatic carbocycles. The second kappa shape index (κ2) is 4.79. The summed E-state index contributed by atoms with van der Waals surface area (Å²) in [6, 6.07) is 16.6. The van der Waals surface area contributed by atoms with E-state index in [-0.39, 0.29) is 11.4 Å². The lowest BCUT2D eigenvalue weighted by atomic mass is 10.00. The van der Waals surface area contributed by atoms with E-state index >= 15 is 0 Å². The van der Waals surface area contributed by atoms with Crippen LogP contribution in [-0.4, -0.2) is 10.4 Å². The van der Waals surface area contributed by atoms with Crippen LogP contribution in [0.25, 0.3) is 0 Å². The van der Waals surface area contributed by atoms with Gasteiger partial charge in [0.2, 0.25) is 0 Å². The summed E-state index contributed by atoms with van der Waals surface area (Å²) in [5.41, 5.74) is 3.59. The van der Waals surface area contributed by atoms with Crippen LogP contribution >= 0.6 is 11.8 Å². The third-order valence-electron chi connectivity index (χ3n) is 3.41. The van der Waals surface area contributed by atoms with Gasteiger partial charge in [0.15, 0.2) is 0 Å². The number of rotatable bonds is 2. The van der Waals surface area contributed by atoms with Crippen molar-refractivity contribution in [2.75, 3.05) is 0 Å². The number of aliphatic hydroxyl groups excluding tert-OH is 1. The summed E-state index contributed by atoms with van der Waals surface area (Å²) < 4.78 is 0. The van der Waals surface area contributed by atoms with E-state index in [4.69, 9.17) is 0 Å². The van der Waals surface area contributed by atoms with E-state index < -0.39 is 0 Å². The van der Waals surface area contributed by atoms with Crippen molar-refractivity contribution in [3.8, 4) is 0 Å². The number of aliphatic hydroxyl groups is 1. The number of hydrogen-bond acceptors (Lipinski definition) is 2. The third-order valence-corrected chi connectivity index (χ3v) is 4.79. The molecule has 2 unspecified atom stereocenters. The Labute approximate surface area is 112 Å². The molecule has 0 saturated heterocycles. The van der Waals surface area contributed by atoms with Gasteiger partial charge in [-0.15, -0.1) is 11.8 Å². The Morgan fingerprint density at radius 1 is 1.17 bits per heavy atom. The summed E-state index contributed by atoms with van der Waals surface area (Å²) in [7, 11) is 0. The molecule has 0 aliphatic carbocycles. The van der Waals surface area contributed by atoms with Gasteiger partial charge in [-0.05, 0) is 30.5 Å². The molecule has 1 aliphatic rings. The van der Waals surface area contributed by atoms with Gasteiger partial charge < -0.3 is 5.11 Å². The van der Waals surface area contributed by atoms with Gasteiger partial charge >= 0.3 is 0 Å². The average Bonchev–Trinajstić information content (AvgIpc) is 2.81. The maximum absolute atomic E-state index is 10.5. The fourth-order valence-corrected chi connectivity index (χ4v) is 3.79. The van der Waals surface area contributed by atoms with Crippen LogP contribution in [0.1, 0.15) is 22.8 Å². The highest BCUT2D eigenvalue weighted by atomic mass is 32.2. The van der Waals surface area contributed by atoms with Gasteiger partial charge in [0, 0.05) is 10.1 Å². The lowest BCUT2D eigenvalue weighted by molar-refractivity contribution is 0.175. The number of aryl methyl sites for hydroxylation is 1. The van der Waals surface area contributed by atoms with Crippen LogP contribution in [-0.2, 0) is 6.42 Å². The fourth-order valence-electron chi connectivity index (χ4n) is 2.45. The van der Waals surface area contributed by atoms with Crippen LogP contribution in [0.15, 0.2) is 53.4 Å². The molecule has 18 heavy (non-hydrogen) atoms. The van der Waals surface area contributed by atoms with E-state index in [1.165, 1.54) is 16.0 Å². The Morgan fingerprint density at radius 3 is 2.78 bits per heavy atom. The van der Waals surface area contributed by atoms with Gasteiger partial charge in [-0.3, -0.25) is 0 Å². The molecule has 1 heterocycles. The monoisotopic (exact) mass is 256 g/mol. The molecule has 0 fully saturated rings. The zero-order chi connectivity index (χ0) is 12.5. The first-order valence-electron chi connectivity index (χ1n) is 6.23. The van der Waals surface area contributed by atoms with Crippen LogP contribution in [0.5, 0.6) is 0 Å². The maximum atomic E-state index is 10.5. The summed E-state index contributed by atoms with van der Waals surface area (Å²) in [6.07, 6.45) is 0.568. The summed E-state index contributed by atoms with van der Waals surface area (Å²) in [4.78, 5) is 1.31. The summed E-state index contributed by atoms with van der Waals surface area (Å²) in [6.45, 7) is 2.06. The molecule has 2 aromatic rings. The van der Waals surface area contributed by atoms with Crippen molar-refractivity contribution in [3.05, 3.63) is 65.2 Å². The van der Waals surface area contributed by atoms with Crippen LogP contribution < -0.4 is 0 Å². The zero-order valence-corrected chi connectivity index (χ0v) is 11.2. The Morgan fingerprint density at radius 2 is 2.00 bits per heavy atom. The molecule has 92 valence electrons. The number of thioether (sulfide) groups is 1. The molecule has 0 spiro atoms. The average molecular weight is 256 g/mol. The SMILES string of the molecule is Cc1cccc(C(O)C2Cc3ccccc3S2)c1. The molecule has 2 heteroatoms. The van der Waals surface area contributed by atoms with Crippen molar-refractivity contribution >= 4 is 11.8 Å². The Kier molecular flexibility index (Phi) is 3.14. The van der Waals surface area contributed by atoms with E-state index in [1.54, 1.807) is 11.8 Å². The first-order valence-corrected chi connectivity index (χ1v) is 7.11. The lowest BCUT2D eigenvalue weighted by Crippen LogP contribution is -2.14. The van der Waals surface area contributed by atoms with Crippen molar-refractivity contribution in [1.29, 1.82) is 0 Å². The third kappa shape index (κ3) is 2.18. The lowest BCUT2D eigenvalue weighted by Gasteiger charge is -2.17. The first-order chi connectivity index (χ1) is 8.74. The predicted molar refractivity (Wildman–Crippen MR) is 75.9 cm³/mol. The standard InChI is InChI=1S/C16H16OS/c1-11-5-4-7-13(9-11)16(17)15-10-12-6-2-3-8-14(12)18-15/h2-9,15-17H,10H2,1H3. The van der Waals surface area contributed by atoms with Gasteiger partial charge in [0.1, 0.15) is 0 Å². The van der Waals surface area contributed by atoms with Crippen LogP contribution in [0.4, 0.5) is 0 Å². The minimum atomic E-state index is -0.387. The Balaban J connectivity index is 1.82. The highest BCUT2D eigenvalue weighted by Crippen LogP contribution is 2.42. The summed E-state index contributed by atoms with van der Waals surface area (Å²) in [5.74, 6) is 0. The highest BCUT2D eigenvalue weighted by Gasteiger charge is 2.28. The van der Waals surface area contributed by atoms with Gasteiger partial charge in [0.05, 0.1) is 6.10 Å². The minimum Gasteiger partial charge on any atom is -0.387 e. The van der Waals surface area contributed by atoms with Gasteiger partial charge in [-0.2, -0.15) is 0 Å². The Hall–Kier alpha value is -1.25. The van der Waals surface area contributed by atoms with Crippen LogP contribution in [0.3, 0.4) is 0 Å². The topological polar surface area (TPSA) is 20.2 Å². The molecule has 0 saturated carbocycles. The molecule has 1 nitrogen and oxygen atoms in total. The molecule has 2 atom stereocenters. The molecule has 1 N–H and O–H groups in total. The molecule has 0 radical (unpaired) electrons. The fraction of sp³-hybridized carbons (Fsp3) is 0.250. The quantitative estimate of drug-likeness (QED) is 0.883. The maximum Gasteiger partial charge on any atom is 0.0915 e. The van der Waals surface area contributed by atoms with Crippen molar-refractivity contribution in [2.24, 2.45) is 0 Å². The van der Waals surface area contributed by atoms with E-state index in [0.717, 1.165) is 12.0 Å². The molecule has 1 aliphatic heterocycles. The number of hydrogen-bond donors (Lipinski definition) is 1. The molecule has 0 aromatic heterocycles. The molecular weight excluding hydrogens is 240 g/mol. The van der Waals surface area contributed by atoms with Crippen LogP contribution in [0.2, 0.25) is 0 Å². The van der Waals surface area contributed by atoms with E-state index in [2.05, 4.69) is 43.3 Å².